The predicted octanol–water partition coefficient (Wildman–Crippen LogP) is 1.18. The maximum absolute atomic E-state index is 14.0. The van der Waals surface area contributed by atoms with Crippen molar-refractivity contribution >= 4 is 22.0 Å². The van der Waals surface area contributed by atoms with Crippen molar-refractivity contribution in [2.75, 3.05) is 39.3 Å². The Labute approximate surface area is 185 Å². The van der Waals surface area contributed by atoms with Crippen LogP contribution in [0.15, 0.2) is 34.4 Å². The van der Waals surface area contributed by atoms with Crippen LogP contribution in [0.3, 0.4) is 0 Å². The molecule has 2 aliphatic heterocycles. The molecule has 0 bridgehead atoms. The minimum Gasteiger partial charge on any atom is -0.463 e. The molecular weight excluding hydrogens is 446 g/mol. The summed E-state index contributed by atoms with van der Waals surface area (Å²) in [6.07, 6.45) is 0.491. The van der Waals surface area contributed by atoms with Crippen molar-refractivity contribution < 1.29 is 31.5 Å². The van der Waals surface area contributed by atoms with Crippen LogP contribution in [0.1, 0.15) is 20.3 Å². The largest absolute Gasteiger partial charge is 0.463 e. The highest BCUT2D eigenvalue weighted by Crippen LogP contribution is 2.24. The number of hydrogen-bond donors (Lipinski definition) is 2. The van der Waals surface area contributed by atoms with E-state index in [4.69, 9.17) is 4.74 Å². The van der Waals surface area contributed by atoms with Gasteiger partial charge >= 0.3 is 12.0 Å². The van der Waals surface area contributed by atoms with E-state index in [0.29, 0.717) is 17.7 Å². The highest BCUT2D eigenvalue weighted by atomic mass is 32.2. The van der Waals surface area contributed by atoms with Crippen molar-refractivity contribution in [1.29, 1.82) is 0 Å². The number of esters is 1. The third kappa shape index (κ3) is 4.92. The number of halogens is 2. The molecule has 0 unspecified atom stereocenters. The van der Waals surface area contributed by atoms with E-state index in [0.717, 1.165) is 22.5 Å². The lowest BCUT2D eigenvalue weighted by Gasteiger charge is -2.36. The van der Waals surface area contributed by atoms with E-state index in [1.54, 1.807) is 6.92 Å². The number of ether oxygens (including phenoxy) is 1. The average molecular weight is 473 g/mol. The Bertz CT molecular complexity index is 1000. The van der Waals surface area contributed by atoms with E-state index in [-0.39, 0.29) is 39.3 Å². The van der Waals surface area contributed by atoms with Gasteiger partial charge in [0.2, 0.25) is 10.0 Å². The predicted molar refractivity (Wildman–Crippen MR) is 111 cm³/mol. The van der Waals surface area contributed by atoms with Gasteiger partial charge in [-0.05, 0) is 25.5 Å². The Morgan fingerprint density at radius 1 is 1.16 bits per heavy atom. The highest BCUT2D eigenvalue weighted by Gasteiger charge is 2.35. The molecule has 2 amide bonds. The number of rotatable bonds is 7. The molecule has 32 heavy (non-hydrogen) atoms. The van der Waals surface area contributed by atoms with E-state index in [1.165, 1.54) is 0 Å². The Morgan fingerprint density at radius 3 is 2.34 bits per heavy atom. The molecule has 1 aromatic carbocycles. The van der Waals surface area contributed by atoms with Crippen LogP contribution < -0.4 is 10.6 Å². The van der Waals surface area contributed by atoms with Crippen LogP contribution in [0.2, 0.25) is 0 Å². The van der Waals surface area contributed by atoms with Gasteiger partial charge in [-0.2, -0.15) is 4.31 Å². The minimum atomic E-state index is -4.34. The van der Waals surface area contributed by atoms with Gasteiger partial charge in [-0.3, -0.25) is 4.90 Å². The summed E-state index contributed by atoms with van der Waals surface area (Å²) >= 11 is 0. The monoisotopic (exact) mass is 472 g/mol. The molecule has 0 aliphatic carbocycles. The molecule has 1 aromatic rings. The molecule has 2 aliphatic rings. The number of piperazine rings is 1. The van der Waals surface area contributed by atoms with Crippen LogP contribution in [0.5, 0.6) is 0 Å². The number of nitrogens with one attached hydrogen (secondary N) is 2. The van der Waals surface area contributed by atoms with Gasteiger partial charge in [0.1, 0.15) is 11.6 Å². The third-order valence-corrected chi connectivity index (χ3v) is 7.33. The molecule has 9 nitrogen and oxygen atoms in total. The van der Waals surface area contributed by atoms with E-state index in [1.807, 2.05) is 11.8 Å². The maximum Gasteiger partial charge on any atom is 0.337 e. The Balaban J connectivity index is 1.75. The Morgan fingerprint density at radius 2 is 1.78 bits per heavy atom. The van der Waals surface area contributed by atoms with Gasteiger partial charge in [0.05, 0.1) is 18.2 Å². The molecule has 176 valence electrons. The van der Waals surface area contributed by atoms with Crippen molar-refractivity contribution in [3.05, 3.63) is 41.1 Å². The molecule has 1 atom stereocenters. The smallest absolute Gasteiger partial charge is 0.337 e. The maximum atomic E-state index is 14.0. The summed E-state index contributed by atoms with van der Waals surface area (Å²) in [5, 5.41) is 5.35. The van der Waals surface area contributed by atoms with Gasteiger partial charge in [-0.25, -0.2) is 26.8 Å². The average Bonchev–Trinajstić information content (AvgIpc) is 2.73. The number of hydrogen-bond acceptors (Lipinski definition) is 6. The fraction of sp³-hybridized carbons (Fsp3) is 0.500. The van der Waals surface area contributed by atoms with Crippen LogP contribution in [0.4, 0.5) is 13.6 Å². The number of sulfonamides is 1. The van der Waals surface area contributed by atoms with Crippen molar-refractivity contribution in [3.63, 3.8) is 0 Å². The molecule has 2 N–H and O–H groups in total. The normalized spacial score (nSPS) is 20.6. The minimum absolute atomic E-state index is 0.00152. The zero-order valence-corrected chi connectivity index (χ0v) is 18.7. The molecule has 1 saturated heterocycles. The zero-order chi connectivity index (χ0) is 23.5. The fourth-order valence-electron chi connectivity index (χ4n) is 3.80. The molecular formula is C20H26F2N4O5S. The molecule has 0 aromatic heterocycles. The Kier molecular flexibility index (Phi) is 7.47. The standard InChI is InChI=1S/C20H26F2N4O5S/c1-3-15-17(19(27)31-4-2)16(24-20(28)23-15)12-25-8-10-26(11-9-25)32(29,30)18-13(21)6-5-7-14(18)22/h5-7,15H,3-4,8-12H2,1-2H3,(H2,23,24,28)/t15-/m0/s1. The van der Waals surface area contributed by atoms with Gasteiger partial charge in [0, 0.05) is 38.4 Å². The van der Waals surface area contributed by atoms with E-state index < -0.39 is 44.6 Å². The lowest BCUT2D eigenvalue weighted by molar-refractivity contribution is -0.139. The first-order valence-electron chi connectivity index (χ1n) is 10.3. The number of nitrogens with zero attached hydrogens (tertiary/aromatic N) is 2. The second kappa shape index (κ2) is 9.92. The van der Waals surface area contributed by atoms with Crippen LogP contribution in [0, 0.1) is 11.6 Å². The first kappa shape index (κ1) is 24.1. The molecule has 0 spiro atoms. The van der Waals surface area contributed by atoms with Crippen LogP contribution >= 0.6 is 0 Å². The van der Waals surface area contributed by atoms with E-state index in [9.17, 15) is 26.8 Å². The number of benzene rings is 1. The fourth-order valence-corrected chi connectivity index (χ4v) is 5.33. The van der Waals surface area contributed by atoms with Gasteiger partial charge in [0.25, 0.3) is 0 Å². The number of carbonyl (C=O) groups is 2. The third-order valence-electron chi connectivity index (χ3n) is 5.38. The number of amides is 2. The molecule has 1 fully saturated rings. The lowest BCUT2D eigenvalue weighted by Crippen LogP contribution is -2.54. The van der Waals surface area contributed by atoms with Crippen LogP contribution in [-0.2, 0) is 19.6 Å². The molecule has 3 rings (SSSR count). The molecule has 0 radical (unpaired) electrons. The number of urea groups is 1. The lowest BCUT2D eigenvalue weighted by atomic mass is 10.00. The van der Waals surface area contributed by atoms with Crippen molar-refractivity contribution in [3.8, 4) is 0 Å². The Hall–Kier alpha value is -2.57. The first-order chi connectivity index (χ1) is 15.2. The second-order valence-electron chi connectivity index (χ2n) is 7.40. The van der Waals surface area contributed by atoms with Crippen molar-refractivity contribution in [2.24, 2.45) is 0 Å². The van der Waals surface area contributed by atoms with Gasteiger partial charge < -0.3 is 15.4 Å². The SMILES string of the molecule is CCOC(=O)C1=C(CN2CCN(S(=O)(=O)c3c(F)cccc3F)CC2)NC(=O)N[C@H]1CC. The van der Waals surface area contributed by atoms with E-state index in [2.05, 4.69) is 10.6 Å². The van der Waals surface area contributed by atoms with Crippen LogP contribution in [-0.4, -0.2) is 75.0 Å². The summed E-state index contributed by atoms with van der Waals surface area (Å²) in [6, 6.07) is 1.98. The summed E-state index contributed by atoms with van der Waals surface area (Å²) in [7, 11) is -4.34. The molecule has 0 saturated carbocycles. The highest BCUT2D eigenvalue weighted by molar-refractivity contribution is 7.89. The van der Waals surface area contributed by atoms with Gasteiger partial charge in [-0.1, -0.05) is 13.0 Å². The molecule has 2 heterocycles. The van der Waals surface area contributed by atoms with Gasteiger partial charge in [-0.15, -0.1) is 0 Å². The van der Waals surface area contributed by atoms with Crippen LogP contribution in [0.25, 0.3) is 0 Å². The quantitative estimate of drug-likeness (QED) is 0.577. The topological polar surface area (TPSA) is 108 Å². The summed E-state index contributed by atoms with van der Waals surface area (Å²) in [4.78, 5) is 25.4. The summed E-state index contributed by atoms with van der Waals surface area (Å²) in [5.74, 6) is -2.81. The summed E-state index contributed by atoms with van der Waals surface area (Å²) in [5.41, 5.74) is 0.730. The van der Waals surface area contributed by atoms with Crippen molar-refractivity contribution in [2.45, 2.75) is 31.2 Å². The first-order valence-corrected chi connectivity index (χ1v) is 11.8. The molecule has 12 heteroatoms. The number of carbonyl (C=O) groups excluding carboxylic acids is 2. The summed E-state index contributed by atoms with van der Waals surface area (Å²) in [6.45, 7) is 4.39. The summed E-state index contributed by atoms with van der Waals surface area (Å²) < 4.78 is 59.7. The van der Waals surface area contributed by atoms with E-state index >= 15 is 0 Å². The zero-order valence-electron chi connectivity index (χ0n) is 17.9. The van der Waals surface area contributed by atoms with Gasteiger partial charge in [0.15, 0.2) is 4.90 Å². The second-order valence-corrected chi connectivity index (χ2v) is 9.28. The van der Waals surface area contributed by atoms with Crippen molar-refractivity contribution in [1.82, 2.24) is 19.8 Å².